The molecule has 2 aromatic heterocycles. The minimum atomic E-state index is -0.336. The second kappa shape index (κ2) is 7.64. The van der Waals surface area contributed by atoms with Crippen LogP contribution in [0.2, 0.25) is 0 Å². The zero-order valence-electron chi connectivity index (χ0n) is 18.1. The molecule has 0 saturated carbocycles. The number of aromatic amines is 1. The van der Waals surface area contributed by atoms with Crippen molar-refractivity contribution in [2.45, 2.75) is 51.7 Å². The lowest BCUT2D eigenvalue weighted by molar-refractivity contribution is -0.141. The van der Waals surface area contributed by atoms with E-state index in [1.807, 2.05) is 17.9 Å². The molecule has 1 fully saturated rings. The largest absolute Gasteiger partial charge is 0.368 e. The molecule has 1 saturated heterocycles. The molecule has 2 aliphatic heterocycles. The number of piperidine rings is 1. The number of hydrogen-bond acceptors (Lipinski definition) is 4. The molecule has 0 bridgehead atoms. The Labute approximate surface area is 181 Å². The summed E-state index contributed by atoms with van der Waals surface area (Å²) >= 11 is 0. The number of nitrogens with zero attached hydrogens (tertiary/aromatic N) is 3. The Balaban J connectivity index is 1.28. The van der Waals surface area contributed by atoms with E-state index in [2.05, 4.69) is 34.2 Å². The smallest absolute Gasteiger partial charge is 0.347 e. The maximum Gasteiger partial charge on any atom is 0.347 e. The molecule has 0 radical (unpaired) electrons. The van der Waals surface area contributed by atoms with Crippen molar-refractivity contribution in [1.82, 2.24) is 19.4 Å². The van der Waals surface area contributed by atoms with Gasteiger partial charge in [0.1, 0.15) is 5.60 Å². The van der Waals surface area contributed by atoms with Crippen molar-refractivity contribution in [3.05, 3.63) is 63.5 Å². The molecule has 1 aromatic carbocycles. The van der Waals surface area contributed by atoms with Crippen molar-refractivity contribution in [3.63, 3.8) is 0 Å². The molecule has 162 valence electrons. The molecule has 2 aliphatic rings. The van der Waals surface area contributed by atoms with Gasteiger partial charge in [0.15, 0.2) is 0 Å². The number of carbonyl (C=O) groups excluding carboxylic acids is 1. The Morgan fingerprint density at radius 3 is 2.77 bits per heavy atom. The van der Waals surface area contributed by atoms with Crippen molar-refractivity contribution in [2.24, 2.45) is 0 Å². The van der Waals surface area contributed by atoms with E-state index >= 15 is 0 Å². The Morgan fingerprint density at radius 1 is 1.23 bits per heavy atom. The molecule has 5 rings (SSSR count). The zero-order chi connectivity index (χ0) is 21.6. The van der Waals surface area contributed by atoms with Gasteiger partial charge in [-0.25, -0.2) is 4.79 Å². The number of aryl methyl sites for hydroxylation is 2. The summed E-state index contributed by atoms with van der Waals surface area (Å²) in [6.45, 7) is 6.08. The molecule has 0 unspecified atom stereocenters. The van der Waals surface area contributed by atoms with Crippen LogP contribution in [0.25, 0.3) is 10.9 Å². The lowest BCUT2D eigenvalue weighted by atomic mass is 9.83. The summed E-state index contributed by atoms with van der Waals surface area (Å²) in [4.78, 5) is 34.5. The third-order valence-corrected chi connectivity index (χ3v) is 6.82. The molecule has 4 heterocycles. The van der Waals surface area contributed by atoms with Crippen LogP contribution < -0.4 is 5.69 Å². The van der Waals surface area contributed by atoms with E-state index in [9.17, 15) is 9.59 Å². The van der Waals surface area contributed by atoms with Crippen LogP contribution >= 0.6 is 0 Å². The second-order valence-corrected chi connectivity index (χ2v) is 8.72. The fourth-order valence-electron chi connectivity index (χ4n) is 5.19. The van der Waals surface area contributed by atoms with Gasteiger partial charge < -0.3 is 14.6 Å². The second-order valence-electron chi connectivity index (χ2n) is 8.72. The van der Waals surface area contributed by atoms with Gasteiger partial charge >= 0.3 is 5.69 Å². The lowest BCUT2D eigenvalue weighted by Gasteiger charge is -2.43. The molecule has 0 atom stereocenters. The van der Waals surface area contributed by atoms with Gasteiger partial charge in [0, 0.05) is 48.3 Å². The van der Waals surface area contributed by atoms with Gasteiger partial charge in [-0.05, 0) is 50.8 Å². The molecule has 1 N–H and O–H groups in total. The molecule has 1 amide bonds. The van der Waals surface area contributed by atoms with Crippen LogP contribution in [0.1, 0.15) is 41.9 Å². The standard InChI is InChI=1S/C24H28N4O3/c1-16-15-17(2)28(23(30)25-16)11-7-21(29)27-12-9-24(10-13-27)22-19(8-14-31-24)18-5-3-4-6-20(18)26-22/h3-6,15,26H,7-14H2,1-2H3. The Bertz CT molecular complexity index is 1200. The van der Waals surface area contributed by atoms with E-state index in [0.29, 0.717) is 38.4 Å². The highest BCUT2D eigenvalue weighted by Crippen LogP contribution is 2.43. The van der Waals surface area contributed by atoms with Gasteiger partial charge in [0.25, 0.3) is 0 Å². The number of fused-ring (bicyclic) bond motifs is 4. The summed E-state index contributed by atoms with van der Waals surface area (Å²) < 4.78 is 7.92. The summed E-state index contributed by atoms with van der Waals surface area (Å²) in [6.07, 6.45) is 2.78. The summed E-state index contributed by atoms with van der Waals surface area (Å²) in [5.41, 5.74) is 4.63. The lowest BCUT2D eigenvalue weighted by Crippen LogP contribution is -2.48. The first-order valence-electron chi connectivity index (χ1n) is 11.0. The van der Waals surface area contributed by atoms with E-state index in [-0.39, 0.29) is 17.2 Å². The normalized spacial score (nSPS) is 17.8. The number of para-hydroxylation sites is 1. The fourth-order valence-corrected chi connectivity index (χ4v) is 5.19. The number of benzene rings is 1. The summed E-state index contributed by atoms with van der Waals surface area (Å²) in [6, 6.07) is 10.3. The molecule has 1 spiro atoms. The number of likely N-dealkylation sites (tertiary alicyclic amines) is 1. The third kappa shape index (κ3) is 3.47. The topological polar surface area (TPSA) is 80.2 Å². The summed E-state index contributed by atoms with van der Waals surface area (Å²) in [5.74, 6) is 0.0782. The quantitative estimate of drug-likeness (QED) is 0.707. The van der Waals surface area contributed by atoms with E-state index < -0.39 is 0 Å². The predicted molar refractivity (Wildman–Crippen MR) is 118 cm³/mol. The zero-order valence-corrected chi connectivity index (χ0v) is 18.1. The highest BCUT2D eigenvalue weighted by atomic mass is 16.5. The fraction of sp³-hybridized carbons (Fsp3) is 0.458. The average Bonchev–Trinajstić information content (AvgIpc) is 3.14. The van der Waals surface area contributed by atoms with Crippen molar-refractivity contribution in [2.75, 3.05) is 19.7 Å². The van der Waals surface area contributed by atoms with Gasteiger partial charge in [-0.2, -0.15) is 4.98 Å². The number of nitrogens with one attached hydrogen (secondary N) is 1. The van der Waals surface area contributed by atoms with Crippen molar-refractivity contribution in [3.8, 4) is 0 Å². The predicted octanol–water partition coefficient (Wildman–Crippen LogP) is 2.82. The van der Waals surface area contributed by atoms with Crippen molar-refractivity contribution >= 4 is 16.8 Å². The SMILES string of the molecule is Cc1cc(C)n(CCC(=O)N2CCC3(CC2)OCCc2c3[nH]c3ccccc23)c(=O)n1. The maximum absolute atomic E-state index is 12.9. The third-order valence-electron chi connectivity index (χ3n) is 6.82. The van der Waals surface area contributed by atoms with Gasteiger partial charge in [0.2, 0.25) is 5.91 Å². The minimum absolute atomic E-state index is 0.0782. The maximum atomic E-state index is 12.9. The van der Waals surface area contributed by atoms with Crippen LogP contribution in [-0.2, 0) is 28.1 Å². The van der Waals surface area contributed by atoms with Crippen molar-refractivity contribution < 1.29 is 9.53 Å². The van der Waals surface area contributed by atoms with E-state index in [0.717, 1.165) is 30.5 Å². The van der Waals surface area contributed by atoms with Crippen LogP contribution in [-0.4, -0.2) is 45.0 Å². The highest BCUT2D eigenvalue weighted by molar-refractivity contribution is 5.85. The molecular formula is C24H28N4O3. The molecule has 7 heteroatoms. The van der Waals surface area contributed by atoms with Crippen LogP contribution in [0.3, 0.4) is 0 Å². The van der Waals surface area contributed by atoms with Crippen LogP contribution in [0.15, 0.2) is 35.1 Å². The first-order chi connectivity index (χ1) is 15.0. The van der Waals surface area contributed by atoms with Gasteiger partial charge in [-0.1, -0.05) is 18.2 Å². The van der Waals surface area contributed by atoms with Gasteiger partial charge in [-0.3, -0.25) is 9.36 Å². The first kappa shape index (κ1) is 20.0. The molecular weight excluding hydrogens is 392 g/mol. The van der Waals surface area contributed by atoms with Gasteiger partial charge in [-0.15, -0.1) is 0 Å². The Hall–Kier alpha value is -2.93. The average molecular weight is 421 g/mol. The Morgan fingerprint density at radius 2 is 2.00 bits per heavy atom. The van der Waals surface area contributed by atoms with Crippen LogP contribution in [0.5, 0.6) is 0 Å². The monoisotopic (exact) mass is 420 g/mol. The van der Waals surface area contributed by atoms with Crippen LogP contribution in [0.4, 0.5) is 0 Å². The van der Waals surface area contributed by atoms with E-state index in [1.165, 1.54) is 16.6 Å². The number of hydrogen-bond donors (Lipinski definition) is 1. The number of amides is 1. The minimum Gasteiger partial charge on any atom is -0.368 e. The molecule has 3 aromatic rings. The number of aromatic nitrogens is 3. The molecule has 7 nitrogen and oxygen atoms in total. The molecule has 31 heavy (non-hydrogen) atoms. The van der Waals surface area contributed by atoms with Crippen LogP contribution in [0, 0.1) is 13.8 Å². The first-order valence-corrected chi connectivity index (χ1v) is 11.0. The Kier molecular flexibility index (Phi) is 4.93. The summed E-state index contributed by atoms with van der Waals surface area (Å²) in [5, 5.41) is 1.28. The number of H-pyrrole nitrogens is 1. The number of ether oxygens (including phenoxy) is 1. The molecule has 0 aliphatic carbocycles. The van der Waals surface area contributed by atoms with Gasteiger partial charge in [0.05, 0.1) is 12.3 Å². The number of rotatable bonds is 3. The summed E-state index contributed by atoms with van der Waals surface area (Å²) in [7, 11) is 0. The van der Waals surface area contributed by atoms with E-state index in [4.69, 9.17) is 4.74 Å². The van der Waals surface area contributed by atoms with Crippen molar-refractivity contribution in [1.29, 1.82) is 0 Å². The highest BCUT2D eigenvalue weighted by Gasteiger charge is 2.43. The van der Waals surface area contributed by atoms with E-state index in [1.54, 1.807) is 11.5 Å². The number of carbonyl (C=O) groups is 1.